The van der Waals surface area contributed by atoms with Gasteiger partial charge in [0, 0.05) is 5.56 Å². The fraction of sp³-hybridized carbons (Fsp3) is 0.185. The molecule has 1 unspecified atom stereocenters. The van der Waals surface area contributed by atoms with Crippen molar-refractivity contribution < 1.29 is 19.8 Å². The number of nitrogens with two attached hydrogens (primary N) is 1. The zero-order valence-corrected chi connectivity index (χ0v) is 20.0. The average Bonchev–Trinajstić information content (AvgIpc) is 3.09. The van der Waals surface area contributed by atoms with E-state index >= 15 is 0 Å². The Morgan fingerprint density at radius 3 is 2.31 bits per heavy atom. The predicted octanol–water partition coefficient (Wildman–Crippen LogP) is 4.88. The Morgan fingerprint density at radius 1 is 1.03 bits per heavy atom. The normalized spacial score (nSPS) is 13.7. The predicted molar refractivity (Wildman–Crippen MR) is 138 cm³/mol. The van der Waals surface area contributed by atoms with Gasteiger partial charge in [-0.2, -0.15) is 10.1 Å². The number of hydrazone groups is 1. The first-order valence-corrected chi connectivity index (χ1v) is 11.0. The van der Waals surface area contributed by atoms with Crippen LogP contribution in [0.2, 0.25) is 0 Å². The minimum Gasteiger partial charge on any atom is -0.505 e. The number of carboxylic acids is 1. The van der Waals surface area contributed by atoms with Crippen molar-refractivity contribution >= 4 is 34.7 Å². The molecular formula is C27H28N4O4. The van der Waals surface area contributed by atoms with E-state index in [1.54, 1.807) is 50.2 Å². The van der Waals surface area contributed by atoms with E-state index in [2.05, 4.69) is 5.10 Å². The topological polar surface area (TPSA) is 140 Å². The second-order valence-electron chi connectivity index (χ2n) is 8.37. The number of amides is 1. The molecule has 0 fully saturated rings. The maximum atomic E-state index is 11.7. The second kappa shape index (κ2) is 10.2. The number of aromatic hydroxyl groups is 1. The van der Waals surface area contributed by atoms with Crippen molar-refractivity contribution in [2.75, 3.05) is 10.7 Å². The summed E-state index contributed by atoms with van der Waals surface area (Å²) in [6, 6.07) is 17.9. The van der Waals surface area contributed by atoms with Gasteiger partial charge in [-0.05, 0) is 68.1 Å². The summed E-state index contributed by atoms with van der Waals surface area (Å²) in [4.78, 5) is 22.7. The van der Waals surface area contributed by atoms with Crippen molar-refractivity contribution in [1.82, 2.24) is 0 Å². The Labute approximate surface area is 203 Å². The van der Waals surface area contributed by atoms with E-state index in [4.69, 9.17) is 16.2 Å². The van der Waals surface area contributed by atoms with E-state index in [0.717, 1.165) is 16.8 Å². The van der Waals surface area contributed by atoms with Gasteiger partial charge in [-0.25, -0.2) is 0 Å². The fourth-order valence-corrected chi connectivity index (χ4v) is 3.45. The van der Waals surface area contributed by atoms with Crippen LogP contribution < -0.4 is 10.7 Å². The minimum atomic E-state index is -0.881. The number of carbonyl (C=O) groups excluding carboxylic acids is 1. The summed E-state index contributed by atoms with van der Waals surface area (Å²) in [5.74, 6) is -1.82. The number of phenolic OH excluding ortho intramolecular Hbond substituents is 1. The first-order chi connectivity index (χ1) is 16.5. The molecular weight excluding hydrogens is 444 g/mol. The second-order valence-corrected chi connectivity index (χ2v) is 8.37. The molecule has 4 rings (SSSR count). The molecule has 1 amide bonds. The number of carboxylic acid groups (broad SMARTS) is 1. The average molecular weight is 473 g/mol. The quantitative estimate of drug-likeness (QED) is 0.317. The van der Waals surface area contributed by atoms with Gasteiger partial charge >= 0.3 is 5.97 Å². The number of hydrogen-bond donors (Lipinski definition) is 4. The van der Waals surface area contributed by atoms with Gasteiger partial charge in [0.2, 0.25) is 0 Å². The van der Waals surface area contributed by atoms with Crippen molar-refractivity contribution in [2.24, 2.45) is 5.10 Å². The monoisotopic (exact) mass is 472 g/mol. The molecule has 3 aromatic carbocycles. The van der Waals surface area contributed by atoms with Crippen LogP contribution in [0.15, 0.2) is 65.8 Å². The molecule has 0 saturated carbocycles. The molecule has 0 aromatic heterocycles. The maximum Gasteiger partial charge on any atom is 0.310 e. The number of rotatable bonds is 4. The zero-order chi connectivity index (χ0) is 25.9. The zero-order valence-electron chi connectivity index (χ0n) is 20.0. The minimum absolute atomic E-state index is 0.0163. The Bertz CT molecular complexity index is 1350. The van der Waals surface area contributed by atoms with Crippen molar-refractivity contribution in [2.45, 2.75) is 33.6 Å². The molecule has 0 aliphatic carbocycles. The maximum absolute atomic E-state index is 11.7. The number of benzene rings is 3. The van der Waals surface area contributed by atoms with E-state index in [-0.39, 0.29) is 17.4 Å². The molecule has 1 atom stereocenters. The molecule has 8 nitrogen and oxygen atoms in total. The van der Waals surface area contributed by atoms with E-state index in [9.17, 15) is 14.7 Å². The van der Waals surface area contributed by atoms with Gasteiger partial charge < -0.3 is 15.9 Å². The van der Waals surface area contributed by atoms with Gasteiger partial charge in [0.1, 0.15) is 11.5 Å². The molecule has 8 heteroatoms. The van der Waals surface area contributed by atoms with Crippen LogP contribution in [0.4, 0.5) is 11.4 Å². The third kappa shape index (κ3) is 5.38. The number of nitrogen functional groups attached to an aromatic ring is 1. The Hall–Kier alpha value is -4.46. The summed E-state index contributed by atoms with van der Waals surface area (Å²) in [5, 5.41) is 31.8. The van der Waals surface area contributed by atoms with Crippen LogP contribution in [0.5, 0.6) is 5.75 Å². The number of phenols is 1. The van der Waals surface area contributed by atoms with E-state index in [0.29, 0.717) is 22.5 Å². The highest BCUT2D eigenvalue weighted by molar-refractivity contribution is 6.70. The van der Waals surface area contributed by atoms with Gasteiger partial charge in [0.25, 0.3) is 5.91 Å². The van der Waals surface area contributed by atoms with Gasteiger partial charge in [-0.15, -0.1) is 0 Å². The summed E-state index contributed by atoms with van der Waals surface area (Å²) < 4.78 is 0. The first kappa shape index (κ1) is 25.2. The number of aryl methyl sites for hydroxylation is 2. The highest BCUT2D eigenvalue weighted by Gasteiger charge is 2.28. The summed E-state index contributed by atoms with van der Waals surface area (Å²) in [6.07, 6.45) is 0. The largest absolute Gasteiger partial charge is 0.505 e. The first-order valence-electron chi connectivity index (χ1n) is 11.0. The molecule has 3 aromatic rings. The highest BCUT2D eigenvalue weighted by Crippen LogP contribution is 2.34. The van der Waals surface area contributed by atoms with Gasteiger partial charge in [-0.3, -0.25) is 15.0 Å². The standard InChI is InChI=1S/C15H15NO3.C12H13N3O/c1-9(15(18)19)10-4-2-5-11(8-10)12-6-3-7-13(16)14(12)17;1-7-4-5-10(6-8(7)2)15-12(16)11(13)9(3)14-15/h2-9,17H,16H2,1H3,(H,18,19);4-6,13H,1-3H3. The molecule has 1 aliphatic heterocycles. The SMILES string of the molecule is CC(C(=O)O)c1cccc(-c2cccc(N)c2O)c1.CC1=NN(c2ccc(C)c(C)c2)C(=O)C1=N. The number of nitrogens with zero attached hydrogens (tertiary/aromatic N) is 2. The van der Waals surface area contributed by atoms with Gasteiger partial charge in [-0.1, -0.05) is 42.5 Å². The van der Waals surface area contributed by atoms with Crippen LogP contribution in [-0.2, 0) is 9.59 Å². The third-order valence-electron chi connectivity index (χ3n) is 5.89. The Kier molecular flexibility index (Phi) is 7.34. The van der Waals surface area contributed by atoms with Crippen LogP contribution in [0, 0.1) is 19.3 Å². The van der Waals surface area contributed by atoms with Crippen LogP contribution >= 0.6 is 0 Å². The molecule has 0 saturated heterocycles. The lowest BCUT2D eigenvalue weighted by molar-refractivity contribution is -0.138. The molecule has 180 valence electrons. The lowest BCUT2D eigenvalue weighted by Gasteiger charge is -2.12. The molecule has 35 heavy (non-hydrogen) atoms. The van der Waals surface area contributed by atoms with Crippen LogP contribution in [0.1, 0.15) is 36.5 Å². The Morgan fingerprint density at radius 2 is 1.71 bits per heavy atom. The number of para-hydroxylation sites is 1. The van der Waals surface area contributed by atoms with Crippen molar-refractivity contribution in [3.8, 4) is 16.9 Å². The summed E-state index contributed by atoms with van der Waals surface area (Å²) in [5.41, 5.74) is 11.4. The summed E-state index contributed by atoms with van der Waals surface area (Å²) in [7, 11) is 0. The van der Waals surface area contributed by atoms with Gasteiger partial charge in [0.05, 0.1) is 23.0 Å². The molecule has 0 bridgehead atoms. The molecule has 0 spiro atoms. The van der Waals surface area contributed by atoms with Crippen LogP contribution in [0.3, 0.4) is 0 Å². The lowest BCUT2D eigenvalue weighted by Crippen LogP contribution is -2.26. The van der Waals surface area contributed by atoms with E-state index in [1.165, 1.54) is 10.6 Å². The summed E-state index contributed by atoms with van der Waals surface area (Å²) in [6.45, 7) is 7.30. The molecule has 1 aliphatic rings. The number of anilines is 2. The van der Waals surface area contributed by atoms with E-state index < -0.39 is 11.9 Å². The highest BCUT2D eigenvalue weighted by atomic mass is 16.4. The molecule has 5 N–H and O–H groups in total. The third-order valence-corrected chi connectivity index (χ3v) is 5.89. The van der Waals surface area contributed by atoms with Crippen molar-refractivity contribution in [3.63, 3.8) is 0 Å². The van der Waals surface area contributed by atoms with Crippen LogP contribution in [0.25, 0.3) is 11.1 Å². The smallest absolute Gasteiger partial charge is 0.310 e. The van der Waals surface area contributed by atoms with Gasteiger partial charge in [0.15, 0.2) is 0 Å². The summed E-state index contributed by atoms with van der Waals surface area (Å²) >= 11 is 0. The van der Waals surface area contributed by atoms with Crippen LogP contribution in [-0.4, -0.2) is 33.5 Å². The van der Waals surface area contributed by atoms with Crippen molar-refractivity contribution in [3.05, 3.63) is 77.4 Å². The number of nitrogens with one attached hydrogen (secondary N) is 1. The number of hydrogen-bond acceptors (Lipinski definition) is 6. The van der Waals surface area contributed by atoms with Crippen molar-refractivity contribution in [1.29, 1.82) is 5.41 Å². The fourth-order valence-electron chi connectivity index (χ4n) is 3.45. The molecule has 1 heterocycles. The van der Waals surface area contributed by atoms with E-state index in [1.807, 2.05) is 38.1 Å². The lowest BCUT2D eigenvalue weighted by atomic mass is 9.96. The number of aliphatic carboxylic acids is 1. The molecule has 0 radical (unpaired) electrons. The number of carbonyl (C=O) groups is 2. The Balaban J connectivity index is 0.000000198.